The highest BCUT2D eigenvalue weighted by Gasteiger charge is 2.47. The largest absolute Gasteiger partial charge is 0.392 e. The van der Waals surface area contributed by atoms with Gasteiger partial charge < -0.3 is 15.0 Å². The number of nitrogens with zero attached hydrogens (tertiary/aromatic N) is 2. The number of hydrogen-bond acceptors (Lipinski definition) is 4. The molecule has 9 heteroatoms. The number of halogens is 4. The number of rotatable bonds is 4. The van der Waals surface area contributed by atoms with E-state index < -0.39 is 29.7 Å². The Balaban J connectivity index is 1.60. The molecule has 150 valence electrons. The number of anilines is 1. The predicted octanol–water partition coefficient (Wildman–Crippen LogP) is 3.04. The average Bonchev–Trinajstić information content (AvgIpc) is 2.66. The number of carbonyl (C=O) groups is 1. The zero-order valence-electron chi connectivity index (χ0n) is 14.9. The highest BCUT2D eigenvalue weighted by Crippen LogP contribution is 2.41. The van der Waals surface area contributed by atoms with E-state index >= 15 is 0 Å². The third-order valence-electron chi connectivity index (χ3n) is 5.18. The summed E-state index contributed by atoms with van der Waals surface area (Å²) in [6.07, 6.45) is -1.65. The number of pyridine rings is 1. The van der Waals surface area contributed by atoms with Gasteiger partial charge in [-0.1, -0.05) is 12.8 Å². The average molecular weight is 389 g/mol. The number of morpholine rings is 1. The number of nitrogens with one attached hydrogen (secondary N) is 1. The summed E-state index contributed by atoms with van der Waals surface area (Å²) in [5, 5.41) is 2.52. The molecule has 27 heavy (non-hydrogen) atoms. The monoisotopic (exact) mass is 389 g/mol. The van der Waals surface area contributed by atoms with E-state index in [0.29, 0.717) is 44.7 Å². The van der Waals surface area contributed by atoms with E-state index in [4.69, 9.17) is 4.74 Å². The molecule has 2 aliphatic rings. The van der Waals surface area contributed by atoms with E-state index in [-0.39, 0.29) is 25.2 Å². The van der Waals surface area contributed by atoms with Crippen molar-refractivity contribution in [2.24, 2.45) is 11.8 Å². The van der Waals surface area contributed by atoms with E-state index in [1.54, 1.807) is 4.90 Å². The summed E-state index contributed by atoms with van der Waals surface area (Å²) in [5.74, 6) is -3.61. The van der Waals surface area contributed by atoms with Gasteiger partial charge in [0, 0.05) is 31.7 Å². The molecule has 0 aromatic carbocycles. The Morgan fingerprint density at radius 3 is 2.63 bits per heavy atom. The lowest BCUT2D eigenvalue weighted by Gasteiger charge is -2.32. The van der Waals surface area contributed by atoms with Crippen molar-refractivity contribution in [3.05, 3.63) is 23.6 Å². The summed E-state index contributed by atoms with van der Waals surface area (Å²) in [5.41, 5.74) is 0.414. The maximum atomic E-state index is 14.3. The molecule has 1 amide bonds. The molecule has 0 unspecified atom stereocenters. The molecule has 1 aromatic heterocycles. The minimum Gasteiger partial charge on any atom is -0.378 e. The minimum absolute atomic E-state index is 0.0218. The lowest BCUT2D eigenvalue weighted by molar-refractivity contribution is -0.198. The number of hydrogen-bond donors (Lipinski definition) is 1. The fourth-order valence-corrected chi connectivity index (χ4v) is 3.73. The van der Waals surface area contributed by atoms with Crippen molar-refractivity contribution < 1.29 is 27.1 Å². The van der Waals surface area contributed by atoms with Crippen LogP contribution in [0.1, 0.15) is 31.2 Å². The quantitative estimate of drug-likeness (QED) is 0.805. The standard InChI is InChI=1S/C18H23F4N3O2/c19-15-9-12(10-23-16(15)25-5-7-27-8-6-25)11-24-17(26)13-3-1-2-4-14(13)18(20,21)22/h9-10,13-14H,1-8,11H2,(H,24,26)/t13-,14-/m1/s1. The van der Waals surface area contributed by atoms with Gasteiger partial charge in [-0.2, -0.15) is 13.2 Å². The number of amides is 1. The van der Waals surface area contributed by atoms with Crippen LogP contribution in [0, 0.1) is 17.7 Å². The van der Waals surface area contributed by atoms with Gasteiger partial charge in [0.15, 0.2) is 11.6 Å². The summed E-state index contributed by atoms with van der Waals surface area (Å²) in [6, 6.07) is 1.26. The van der Waals surface area contributed by atoms with Crippen LogP contribution >= 0.6 is 0 Å². The van der Waals surface area contributed by atoms with Gasteiger partial charge in [-0.05, 0) is 24.5 Å². The van der Waals surface area contributed by atoms with Crippen molar-refractivity contribution in [1.82, 2.24) is 10.3 Å². The second-order valence-electron chi connectivity index (χ2n) is 7.01. The van der Waals surface area contributed by atoms with Gasteiger partial charge in [0.05, 0.1) is 19.1 Å². The third kappa shape index (κ3) is 4.88. The zero-order valence-corrected chi connectivity index (χ0v) is 14.9. The molecule has 1 N–H and O–H groups in total. The molecular weight excluding hydrogens is 366 g/mol. The molecule has 2 atom stereocenters. The molecule has 0 radical (unpaired) electrons. The van der Waals surface area contributed by atoms with Crippen molar-refractivity contribution in [3.8, 4) is 0 Å². The molecule has 2 fully saturated rings. The summed E-state index contributed by atoms with van der Waals surface area (Å²) in [4.78, 5) is 18.2. The number of ether oxygens (including phenoxy) is 1. The maximum absolute atomic E-state index is 14.3. The molecule has 1 aliphatic heterocycles. The summed E-state index contributed by atoms with van der Waals surface area (Å²) in [7, 11) is 0. The zero-order chi connectivity index (χ0) is 19.4. The Hall–Kier alpha value is -1.90. The van der Waals surface area contributed by atoms with Crippen molar-refractivity contribution in [2.45, 2.75) is 38.4 Å². The molecule has 0 bridgehead atoms. The second kappa shape index (κ2) is 8.41. The first-order valence-electron chi connectivity index (χ1n) is 9.18. The first-order valence-corrected chi connectivity index (χ1v) is 9.18. The van der Waals surface area contributed by atoms with Crippen molar-refractivity contribution in [2.75, 3.05) is 31.2 Å². The van der Waals surface area contributed by atoms with E-state index in [9.17, 15) is 22.4 Å². The van der Waals surface area contributed by atoms with E-state index in [0.717, 1.165) is 0 Å². The SMILES string of the molecule is O=C(NCc1cnc(N2CCOCC2)c(F)c1)[C@@H]1CCCC[C@H]1C(F)(F)F. The Morgan fingerprint density at radius 1 is 1.26 bits per heavy atom. The molecule has 5 nitrogen and oxygen atoms in total. The van der Waals surface area contributed by atoms with Crippen LogP contribution in [0.4, 0.5) is 23.4 Å². The van der Waals surface area contributed by atoms with Crippen LogP contribution in [0.5, 0.6) is 0 Å². The van der Waals surface area contributed by atoms with E-state index in [2.05, 4.69) is 10.3 Å². The Kier molecular flexibility index (Phi) is 6.18. The van der Waals surface area contributed by atoms with Gasteiger partial charge in [-0.3, -0.25) is 4.79 Å². The highest BCUT2D eigenvalue weighted by molar-refractivity contribution is 5.79. The van der Waals surface area contributed by atoms with Crippen LogP contribution in [0.25, 0.3) is 0 Å². The Labute approximate surface area is 155 Å². The molecule has 0 spiro atoms. The first kappa shape index (κ1) is 19.9. The fourth-order valence-electron chi connectivity index (χ4n) is 3.73. The van der Waals surface area contributed by atoms with Crippen LogP contribution in [-0.4, -0.2) is 43.4 Å². The van der Waals surface area contributed by atoms with Gasteiger partial charge in [0.25, 0.3) is 0 Å². The predicted molar refractivity (Wildman–Crippen MR) is 90.6 cm³/mol. The van der Waals surface area contributed by atoms with Crippen LogP contribution in [0.15, 0.2) is 12.3 Å². The third-order valence-corrected chi connectivity index (χ3v) is 5.18. The second-order valence-corrected chi connectivity index (χ2v) is 7.01. The Bertz CT molecular complexity index is 662. The normalized spacial score (nSPS) is 23.9. The minimum atomic E-state index is -4.38. The molecule has 3 rings (SSSR count). The summed E-state index contributed by atoms with van der Waals surface area (Å²) in [6.45, 7) is 2.04. The molecule has 1 aliphatic carbocycles. The summed E-state index contributed by atoms with van der Waals surface area (Å²) >= 11 is 0. The van der Waals surface area contributed by atoms with E-state index in [1.807, 2.05) is 0 Å². The van der Waals surface area contributed by atoms with Crippen molar-refractivity contribution in [1.29, 1.82) is 0 Å². The number of alkyl halides is 3. The Morgan fingerprint density at radius 2 is 1.96 bits per heavy atom. The first-order chi connectivity index (χ1) is 12.9. The van der Waals surface area contributed by atoms with Crippen molar-refractivity contribution >= 4 is 11.7 Å². The van der Waals surface area contributed by atoms with Gasteiger partial charge >= 0.3 is 6.18 Å². The maximum Gasteiger partial charge on any atom is 0.392 e. The molecule has 1 saturated heterocycles. The topological polar surface area (TPSA) is 54.5 Å². The van der Waals surface area contributed by atoms with Gasteiger partial charge in [0.1, 0.15) is 0 Å². The van der Waals surface area contributed by atoms with Gasteiger partial charge in [-0.15, -0.1) is 0 Å². The van der Waals surface area contributed by atoms with Crippen LogP contribution < -0.4 is 10.2 Å². The van der Waals surface area contributed by atoms with Crippen LogP contribution in [-0.2, 0) is 16.1 Å². The van der Waals surface area contributed by atoms with Crippen LogP contribution in [0.2, 0.25) is 0 Å². The number of aromatic nitrogens is 1. The number of carbonyl (C=O) groups excluding carboxylic acids is 1. The van der Waals surface area contributed by atoms with Crippen molar-refractivity contribution in [3.63, 3.8) is 0 Å². The lowest BCUT2D eigenvalue weighted by atomic mass is 9.78. The molecule has 2 heterocycles. The van der Waals surface area contributed by atoms with Gasteiger partial charge in [0.2, 0.25) is 5.91 Å². The van der Waals surface area contributed by atoms with Gasteiger partial charge in [-0.25, -0.2) is 9.37 Å². The fraction of sp³-hybridized carbons (Fsp3) is 0.667. The highest BCUT2D eigenvalue weighted by atomic mass is 19.4. The smallest absolute Gasteiger partial charge is 0.378 e. The van der Waals surface area contributed by atoms with E-state index in [1.165, 1.54) is 12.3 Å². The molecule has 1 aromatic rings. The molecular formula is C18H23F4N3O2. The van der Waals surface area contributed by atoms with Crippen LogP contribution in [0.3, 0.4) is 0 Å². The lowest BCUT2D eigenvalue weighted by Crippen LogP contribution is -2.42. The molecule has 1 saturated carbocycles. The summed E-state index contributed by atoms with van der Waals surface area (Å²) < 4.78 is 59.0.